The second-order valence-electron chi connectivity index (χ2n) is 4.33. The highest BCUT2D eigenvalue weighted by Gasteiger charge is 2.31. The van der Waals surface area contributed by atoms with Crippen LogP contribution in [0.25, 0.3) is 0 Å². The molecule has 2 amide bonds. The van der Waals surface area contributed by atoms with Crippen LogP contribution in [0.3, 0.4) is 0 Å². The number of hydrogen-bond donors (Lipinski definition) is 2. The predicted octanol–water partition coefficient (Wildman–Crippen LogP) is 1.27. The minimum absolute atomic E-state index is 0.0554. The first-order valence-corrected chi connectivity index (χ1v) is 5.30. The fourth-order valence-electron chi connectivity index (χ4n) is 1.87. The van der Waals surface area contributed by atoms with E-state index < -0.39 is 0 Å². The summed E-state index contributed by atoms with van der Waals surface area (Å²) in [5.41, 5.74) is 1.14. The van der Waals surface area contributed by atoms with Crippen LogP contribution in [0.15, 0.2) is 24.3 Å². The summed E-state index contributed by atoms with van der Waals surface area (Å²) in [6.45, 7) is 3.44. The second kappa shape index (κ2) is 4.04. The van der Waals surface area contributed by atoms with E-state index in [4.69, 9.17) is 4.74 Å². The highest BCUT2D eigenvalue weighted by Crippen LogP contribution is 2.25. The lowest BCUT2D eigenvalue weighted by Gasteiger charge is -2.34. The van der Waals surface area contributed by atoms with Crippen LogP contribution in [0.4, 0.5) is 4.79 Å². The highest BCUT2D eigenvalue weighted by atomic mass is 16.5. The van der Waals surface area contributed by atoms with E-state index in [2.05, 4.69) is 17.6 Å². The van der Waals surface area contributed by atoms with Crippen molar-refractivity contribution in [3.8, 4) is 5.75 Å². The Bertz CT molecular complexity index is 377. The Kier molecular flexibility index (Phi) is 2.73. The number of hydrogen-bond acceptors (Lipinski definition) is 2. The number of methoxy groups -OCH3 is 1. The molecule has 1 aliphatic rings. The normalized spacial score (nSPS) is 18.5. The van der Waals surface area contributed by atoms with Crippen molar-refractivity contribution in [1.82, 2.24) is 10.6 Å². The molecule has 1 heterocycles. The molecule has 4 nitrogen and oxygen atoms in total. The van der Waals surface area contributed by atoms with Crippen molar-refractivity contribution in [1.29, 1.82) is 0 Å². The van der Waals surface area contributed by atoms with Crippen molar-refractivity contribution >= 4 is 6.03 Å². The Hall–Kier alpha value is -1.71. The lowest BCUT2D eigenvalue weighted by Crippen LogP contribution is -2.55. The third-order valence-electron chi connectivity index (χ3n) is 3.07. The largest absolute Gasteiger partial charge is 0.497 e. The van der Waals surface area contributed by atoms with Gasteiger partial charge in [-0.3, -0.25) is 0 Å². The van der Waals surface area contributed by atoms with Crippen LogP contribution in [0.2, 0.25) is 0 Å². The first-order valence-electron chi connectivity index (χ1n) is 5.30. The van der Waals surface area contributed by atoms with Crippen LogP contribution in [0.1, 0.15) is 12.5 Å². The van der Waals surface area contributed by atoms with Gasteiger partial charge in [-0.25, -0.2) is 4.79 Å². The summed E-state index contributed by atoms with van der Waals surface area (Å²) in [5.74, 6) is 0.847. The van der Waals surface area contributed by atoms with E-state index in [0.717, 1.165) is 5.75 Å². The molecule has 0 saturated carbocycles. The number of benzene rings is 1. The van der Waals surface area contributed by atoms with Crippen LogP contribution >= 0.6 is 0 Å². The fourth-order valence-corrected chi connectivity index (χ4v) is 1.87. The van der Waals surface area contributed by atoms with Crippen molar-refractivity contribution < 1.29 is 9.53 Å². The van der Waals surface area contributed by atoms with Gasteiger partial charge < -0.3 is 15.4 Å². The van der Waals surface area contributed by atoms with E-state index in [9.17, 15) is 4.79 Å². The summed E-state index contributed by atoms with van der Waals surface area (Å²) < 4.78 is 5.12. The van der Waals surface area contributed by atoms with Gasteiger partial charge in [0.1, 0.15) is 5.75 Å². The molecule has 1 aliphatic heterocycles. The molecule has 86 valence electrons. The molecule has 1 aromatic rings. The molecule has 16 heavy (non-hydrogen) atoms. The zero-order valence-corrected chi connectivity index (χ0v) is 9.54. The summed E-state index contributed by atoms with van der Waals surface area (Å²) in [5, 5.41) is 5.64. The average molecular weight is 220 g/mol. The minimum atomic E-state index is -0.0917. The van der Waals surface area contributed by atoms with Crippen molar-refractivity contribution in [2.24, 2.45) is 0 Å². The summed E-state index contributed by atoms with van der Waals surface area (Å²) in [7, 11) is 1.65. The third-order valence-corrected chi connectivity index (χ3v) is 3.07. The average Bonchev–Trinajstić information content (AvgIpc) is 2.33. The number of carbonyl (C=O) groups is 1. The first kappa shape index (κ1) is 10.8. The molecule has 0 unspecified atom stereocenters. The van der Waals surface area contributed by atoms with Crippen molar-refractivity contribution in [3.05, 3.63) is 29.8 Å². The van der Waals surface area contributed by atoms with E-state index in [-0.39, 0.29) is 11.4 Å². The maximum absolute atomic E-state index is 11.0. The van der Waals surface area contributed by atoms with Crippen LogP contribution in [0.5, 0.6) is 5.75 Å². The van der Waals surface area contributed by atoms with Crippen molar-refractivity contribution in [2.75, 3.05) is 20.2 Å². The van der Waals surface area contributed by atoms with E-state index >= 15 is 0 Å². The number of urea groups is 1. The standard InChI is InChI=1S/C12H16N2O2/c1-12(7-13-11(15)14-8-12)9-3-5-10(16-2)6-4-9/h3-6H,7-8H2,1-2H3,(H2,13,14,15). The summed E-state index contributed by atoms with van der Waals surface area (Å²) >= 11 is 0. The van der Waals surface area contributed by atoms with Gasteiger partial charge in [-0.1, -0.05) is 19.1 Å². The Morgan fingerprint density at radius 3 is 2.25 bits per heavy atom. The van der Waals surface area contributed by atoms with Crippen LogP contribution < -0.4 is 15.4 Å². The van der Waals surface area contributed by atoms with Gasteiger partial charge in [0.15, 0.2) is 0 Å². The number of ether oxygens (including phenoxy) is 1. The molecule has 1 aromatic carbocycles. The molecule has 2 N–H and O–H groups in total. The van der Waals surface area contributed by atoms with Gasteiger partial charge in [0.05, 0.1) is 7.11 Å². The first-order chi connectivity index (χ1) is 7.64. The smallest absolute Gasteiger partial charge is 0.314 e. The van der Waals surface area contributed by atoms with Gasteiger partial charge in [0, 0.05) is 18.5 Å². The van der Waals surface area contributed by atoms with Gasteiger partial charge in [-0.2, -0.15) is 0 Å². The third kappa shape index (κ3) is 1.96. The summed E-state index contributed by atoms with van der Waals surface area (Å²) in [6.07, 6.45) is 0. The summed E-state index contributed by atoms with van der Waals surface area (Å²) in [4.78, 5) is 11.0. The molecule has 2 rings (SSSR count). The molecule has 0 aromatic heterocycles. The maximum Gasteiger partial charge on any atom is 0.314 e. The minimum Gasteiger partial charge on any atom is -0.497 e. The van der Waals surface area contributed by atoms with E-state index in [1.807, 2.05) is 24.3 Å². The van der Waals surface area contributed by atoms with Crippen molar-refractivity contribution in [2.45, 2.75) is 12.3 Å². The van der Waals surface area contributed by atoms with E-state index in [1.165, 1.54) is 5.56 Å². The SMILES string of the molecule is COc1ccc(C2(C)CNC(=O)NC2)cc1. The molecule has 0 radical (unpaired) electrons. The number of amides is 2. The van der Waals surface area contributed by atoms with Crippen LogP contribution in [0, 0.1) is 0 Å². The lowest BCUT2D eigenvalue weighted by molar-refractivity contribution is 0.225. The molecule has 0 spiro atoms. The molecule has 0 aliphatic carbocycles. The molecule has 4 heteroatoms. The van der Waals surface area contributed by atoms with Gasteiger partial charge in [-0.15, -0.1) is 0 Å². The number of rotatable bonds is 2. The quantitative estimate of drug-likeness (QED) is 0.788. The molecular formula is C12H16N2O2. The number of carbonyl (C=O) groups excluding carboxylic acids is 1. The molecular weight excluding hydrogens is 204 g/mol. The van der Waals surface area contributed by atoms with Crippen LogP contribution in [-0.2, 0) is 5.41 Å². The molecule has 1 fully saturated rings. The Labute approximate surface area is 95.0 Å². The number of nitrogens with one attached hydrogen (secondary N) is 2. The maximum atomic E-state index is 11.0. The molecule has 1 saturated heterocycles. The molecule has 0 bridgehead atoms. The highest BCUT2D eigenvalue weighted by molar-refractivity contribution is 5.75. The Balaban J connectivity index is 2.19. The Morgan fingerprint density at radius 2 is 1.75 bits per heavy atom. The van der Waals surface area contributed by atoms with Gasteiger partial charge in [0.25, 0.3) is 0 Å². The summed E-state index contributed by atoms with van der Waals surface area (Å²) in [6, 6.07) is 7.87. The monoisotopic (exact) mass is 220 g/mol. The van der Waals surface area contributed by atoms with Gasteiger partial charge >= 0.3 is 6.03 Å². The fraction of sp³-hybridized carbons (Fsp3) is 0.417. The van der Waals surface area contributed by atoms with E-state index in [1.54, 1.807) is 7.11 Å². The lowest BCUT2D eigenvalue weighted by atomic mass is 9.81. The topological polar surface area (TPSA) is 50.4 Å². The van der Waals surface area contributed by atoms with Gasteiger partial charge in [-0.05, 0) is 17.7 Å². The van der Waals surface area contributed by atoms with Crippen molar-refractivity contribution in [3.63, 3.8) is 0 Å². The van der Waals surface area contributed by atoms with Gasteiger partial charge in [0.2, 0.25) is 0 Å². The molecule has 0 atom stereocenters. The zero-order valence-electron chi connectivity index (χ0n) is 9.54. The zero-order chi connectivity index (χ0) is 11.6. The predicted molar refractivity (Wildman–Crippen MR) is 61.7 cm³/mol. The second-order valence-corrected chi connectivity index (χ2v) is 4.33. The van der Waals surface area contributed by atoms with E-state index in [0.29, 0.717) is 13.1 Å². The van der Waals surface area contributed by atoms with Crippen LogP contribution in [-0.4, -0.2) is 26.2 Å². The Morgan fingerprint density at radius 1 is 1.19 bits per heavy atom.